The zero-order valence-electron chi connectivity index (χ0n) is 17.9. The number of anilines is 1. The van der Waals surface area contributed by atoms with Crippen LogP contribution in [-0.2, 0) is 6.42 Å². The fourth-order valence-electron chi connectivity index (χ4n) is 4.17. The third-order valence-corrected chi connectivity index (χ3v) is 6.04. The zero-order chi connectivity index (χ0) is 21.0. The van der Waals surface area contributed by atoms with Crippen molar-refractivity contribution in [2.75, 3.05) is 45.9 Å². The SMILES string of the molecule is COc1cc(N2CCN(C(C)Cc3ccc(OC)c(OC)c3)C(C)C2)ccc1Cl. The molecule has 1 fully saturated rings. The number of methoxy groups -OCH3 is 3. The maximum atomic E-state index is 6.18. The van der Waals surface area contributed by atoms with E-state index in [2.05, 4.69) is 41.8 Å². The van der Waals surface area contributed by atoms with Crippen molar-refractivity contribution >= 4 is 17.3 Å². The molecule has 5 nitrogen and oxygen atoms in total. The van der Waals surface area contributed by atoms with Gasteiger partial charge in [0.05, 0.1) is 26.4 Å². The highest BCUT2D eigenvalue weighted by atomic mass is 35.5. The molecule has 2 aromatic rings. The minimum Gasteiger partial charge on any atom is -0.495 e. The van der Waals surface area contributed by atoms with Crippen molar-refractivity contribution in [1.29, 1.82) is 0 Å². The summed E-state index contributed by atoms with van der Waals surface area (Å²) in [5.74, 6) is 2.28. The Labute approximate surface area is 179 Å². The van der Waals surface area contributed by atoms with E-state index in [0.717, 1.165) is 49.0 Å². The lowest BCUT2D eigenvalue weighted by molar-refractivity contribution is 0.137. The van der Waals surface area contributed by atoms with Gasteiger partial charge in [0.2, 0.25) is 0 Å². The molecule has 0 bridgehead atoms. The molecule has 158 valence electrons. The average molecular weight is 419 g/mol. The number of hydrogen-bond donors (Lipinski definition) is 0. The highest BCUT2D eigenvalue weighted by Crippen LogP contribution is 2.31. The van der Waals surface area contributed by atoms with Gasteiger partial charge >= 0.3 is 0 Å². The Morgan fingerprint density at radius 3 is 2.34 bits per heavy atom. The van der Waals surface area contributed by atoms with Gasteiger partial charge in [-0.1, -0.05) is 17.7 Å². The molecule has 3 rings (SSSR count). The minimum absolute atomic E-state index is 0.435. The fourth-order valence-corrected chi connectivity index (χ4v) is 4.37. The Morgan fingerprint density at radius 1 is 0.966 bits per heavy atom. The molecule has 0 radical (unpaired) electrons. The highest BCUT2D eigenvalue weighted by molar-refractivity contribution is 6.32. The number of benzene rings is 2. The average Bonchev–Trinajstić information content (AvgIpc) is 2.73. The molecular formula is C23H31ClN2O3. The van der Waals surface area contributed by atoms with Crippen LogP contribution in [0, 0.1) is 0 Å². The van der Waals surface area contributed by atoms with E-state index in [0.29, 0.717) is 17.1 Å². The molecule has 0 aliphatic carbocycles. The molecule has 1 heterocycles. The first-order valence-corrected chi connectivity index (χ1v) is 10.4. The topological polar surface area (TPSA) is 34.2 Å². The number of ether oxygens (including phenoxy) is 3. The van der Waals surface area contributed by atoms with E-state index in [1.54, 1.807) is 21.3 Å². The first kappa shape index (κ1) is 21.6. The van der Waals surface area contributed by atoms with Crippen LogP contribution in [-0.4, -0.2) is 57.9 Å². The molecule has 0 amide bonds. The summed E-state index contributed by atoms with van der Waals surface area (Å²) in [7, 11) is 5.00. The van der Waals surface area contributed by atoms with E-state index >= 15 is 0 Å². The molecule has 2 atom stereocenters. The molecule has 1 saturated heterocycles. The second-order valence-electron chi connectivity index (χ2n) is 7.59. The highest BCUT2D eigenvalue weighted by Gasteiger charge is 2.28. The van der Waals surface area contributed by atoms with Crippen LogP contribution in [0.1, 0.15) is 19.4 Å². The summed E-state index contributed by atoms with van der Waals surface area (Å²) < 4.78 is 16.2. The van der Waals surface area contributed by atoms with Crippen LogP contribution in [0.3, 0.4) is 0 Å². The van der Waals surface area contributed by atoms with E-state index in [-0.39, 0.29) is 0 Å². The largest absolute Gasteiger partial charge is 0.495 e. The van der Waals surface area contributed by atoms with E-state index in [1.165, 1.54) is 5.56 Å². The van der Waals surface area contributed by atoms with Crippen LogP contribution in [0.4, 0.5) is 5.69 Å². The lowest BCUT2D eigenvalue weighted by Crippen LogP contribution is -2.55. The Hall–Kier alpha value is -2.11. The maximum Gasteiger partial charge on any atom is 0.160 e. The molecule has 2 unspecified atom stereocenters. The fraction of sp³-hybridized carbons (Fsp3) is 0.478. The number of hydrogen-bond acceptors (Lipinski definition) is 5. The van der Waals surface area contributed by atoms with Crippen LogP contribution in [0.15, 0.2) is 36.4 Å². The molecule has 29 heavy (non-hydrogen) atoms. The van der Waals surface area contributed by atoms with Gasteiger partial charge in [-0.3, -0.25) is 4.90 Å². The first-order valence-electron chi connectivity index (χ1n) is 10.0. The van der Waals surface area contributed by atoms with Crippen molar-refractivity contribution in [3.8, 4) is 17.2 Å². The molecule has 0 aromatic heterocycles. The zero-order valence-corrected chi connectivity index (χ0v) is 18.7. The van der Waals surface area contributed by atoms with Crippen LogP contribution in [0.5, 0.6) is 17.2 Å². The first-order chi connectivity index (χ1) is 14.0. The Balaban J connectivity index is 1.65. The summed E-state index contributed by atoms with van der Waals surface area (Å²) in [6, 6.07) is 13.1. The van der Waals surface area contributed by atoms with E-state index < -0.39 is 0 Å². The predicted molar refractivity (Wildman–Crippen MR) is 119 cm³/mol. The van der Waals surface area contributed by atoms with E-state index in [4.69, 9.17) is 25.8 Å². The van der Waals surface area contributed by atoms with Crippen molar-refractivity contribution in [1.82, 2.24) is 4.90 Å². The normalized spacial score (nSPS) is 18.4. The van der Waals surface area contributed by atoms with Gasteiger partial charge in [-0.2, -0.15) is 0 Å². The molecule has 1 aliphatic heterocycles. The molecule has 0 N–H and O–H groups in total. The monoisotopic (exact) mass is 418 g/mol. The summed E-state index contributed by atoms with van der Waals surface area (Å²) in [6.45, 7) is 7.56. The van der Waals surface area contributed by atoms with Crippen molar-refractivity contribution in [3.63, 3.8) is 0 Å². The van der Waals surface area contributed by atoms with Crippen LogP contribution >= 0.6 is 11.6 Å². The summed E-state index contributed by atoms with van der Waals surface area (Å²) in [6.07, 6.45) is 0.972. The predicted octanol–water partition coefficient (Wildman–Crippen LogP) is 4.51. The summed E-state index contributed by atoms with van der Waals surface area (Å²) >= 11 is 6.18. The van der Waals surface area contributed by atoms with Crippen molar-refractivity contribution in [2.24, 2.45) is 0 Å². The smallest absolute Gasteiger partial charge is 0.160 e. The van der Waals surface area contributed by atoms with Crippen LogP contribution in [0.25, 0.3) is 0 Å². The van der Waals surface area contributed by atoms with Gasteiger partial charge in [0.1, 0.15) is 5.75 Å². The van der Waals surface area contributed by atoms with Crippen LogP contribution in [0.2, 0.25) is 5.02 Å². The molecule has 1 aliphatic rings. The number of piperazine rings is 1. The molecule has 6 heteroatoms. The summed E-state index contributed by atoms with van der Waals surface area (Å²) in [5.41, 5.74) is 2.41. The van der Waals surface area contributed by atoms with Gasteiger partial charge < -0.3 is 19.1 Å². The number of halogens is 1. The minimum atomic E-state index is 0.435. The third-order valence-electron chi connectivity index (χ3n) is 5.72. The van der Waals surface area contributed by atoms with E-state index in [1.807, 2.05) is 18.2 Å². The van der Waals surface area contributed by atoms with Gasteiger partial charge in [-0.05, 0) is 50.1 Å². The molecular weight excluding hydrogens is 388 g/mol. The van der Waals surface area contributed by atoms with Gasteiger partial charge in [0.25, 0.3) is 0 Å². The second-order valence-corrected chi connectivity index (χ2v) is 8.00. The van der Waals surface area contributed by atoms with Gasteiger partial charge in [0.15, 0.2) is 11.5 Å². The molecule has 0 spiro atoms. The van der Waals surface area contributed by atoms with Crippen LogP contribution < -0.4 is 19.1 Å². The Kier molecular flexibility index (Phi) is 7.14. The maximum absolute atomic E-state index is 6.18. The van der Waals surface area contributed by atoms with Crippen molar-refractivity contribution < 1.29 is 14.2 Å². The number of rotatable bonds is 7. The molecule has 0 saturated carbocycles. The van der Waals surface area contributed by atoms with Gasteiger partial charge in [0, 0.05) is 43.5 Å². The standard InChI is InChI=1S/C23H31ClN2O3/c1-16(12-18-6-9-21(27-3)23(13-18)29-5)26-11-10-25(15-17(26)2)19-7-8-20(24)22(14-19)28-4/h6-9,13-14,16-17H,10-12,15H2,1-5H3. The lowest BCUT2D eigenvalue weighted by atomic mass is 10.0. The van der Waals surface area contributed by atoms with E-state index in [9.17, 15) is 0 Å². The number of nitrogens with zero attached hydrogens (tertiary/aromatic N) is 2. The third kappa shape index (κ3) is 4.90. The molecule has 2 aromatic carbocycles. The quantitative estimate of drug-likeness (QED) is 0.661. The second kappa shape index (κ2) is 9.59. The Morgan fingerprint density at radius 2 is 1.69 bits per heavy atom. The summed E-state index contributed by atoms with van der Waals surface area (Å²) in [4.78, 5) is 4.99. The van der Waals surface area contributed by atoms with Gasteiger partial charge in [-0.15, -0.1) is 0 Å². The van der Waals surface area contributed by atoms with Crippen molar-refractivity contribution in [3.05, 3.63) is 47.0 Å². The Bertz CT molecular complexity index is 830. The summed E-state index contributed by atoms with van der Waals surface area (Å²) in [5, 5.41) is 0.645. The van der Waals surface area contributed by atoms with Crippen molar-refractivity contribution in [2.45, 2.75) is 32.4 Å². The lowest BCUT2D eigenvalue weighted by Gasteiger charge is -2.44. The van der Waals surface area contributed by atoms with Gasteiger partial charge in [-0.25, -0.2) is 0 Å².